The summed E-state index contributed by atoms with van der Waals surface area (Å²) in [5.41, 5.74) is 7.41. The molecule has 1 aromatic carbocycles. The van der Waals surface area contributed by atoms with Crippen molar-refractivity contribution in [2.75, 3.05) is 13.1 Å². The molecule has 0 aliphatic heterocycles. The highest BCUT2D eigenvalue weighted by Gasteiger charge is 2.19. The van der Waals surface area contributed by atoms with Crippen molar-refractivity contribution in [2.45, 2.75) is 26.8 Å². The summed E-state index contributed by atoms with van der Waals surface area (Å²) >= 11 is 0. The number of nitrogens with one attached hydrogen (secondary N) is 2. The van der Waals surface area contributed by atoms with Crippen LogP contribution < -0.4 is 16.4 Å². The molecule has 0 radical (unpaired) electrons. The quantitative estimate of drug-likeness (QED) is 0.722. The zero-order chi connectivity index (χ0) is 15.1. The summed E-state index contributed by atoms with van der Waals surface area (Å²) in [5.74, 6) is -0.295. The van der Waals surface area contributed by atoms with Gasteiger partial charge < -0.3 is 16.4 Å². The highest BCUT2D eigenvalue weighted by Crippen LogP contribution is 2.24. The van der Waals surface area contributed by atoms with Gasteiger partial charge in [0.2, 0.25) is 11.8 Å². The summed E-state index contributed by atoms with van der Waals surface area (Å²) in [6, 6.07) is 7.89. The number of amides is 2. The zero-order valence-electron chi connectivity index (χ0n) is 12.3. The number of hydrogen-bond donors (Lipinski definition) is 3. The number of nitrogens with two attached hydrogens (primary N) is 1. The maximum absolute atomic E-state index is 11.9. The van der Waals surface area contributed by atoms with E-state index in [2.05, 4.69) is 24.5 Å². The van der Waals surface area contributed by atoms with Crippen molar-refractivity contribution in [1.82, 2.24) is 10.6 Å². The third-order valence-electron chi connectivity index (χ3n) is 3.14. The summed E-state index contributed by atoms with van der Waals surface area (Å²) in [5, 5.41) is 5.43. The van der Waals surface area contributed by atoms with Crippen molar-refractivity contribution >= 4 is 11.8 Å². The van der Waals surface area contributed by atoms with Crippen molar-refractivity contribution in [2.24, 2.45) is 11.7 Å². The molecule has 0 bridgehead atoms. The number of carbonyl (C=O) groups is 2. The van der Waals surface area contributed by atoms with E-state index in [1.165, 1.54) is 0 Å². The second kappa shape index (κ2) is 7.65. The Balaban J connectivity index is 2.71. The molecule has 20 heavy (non-hydrogen) atoms. The van der Waals surface area contributed by atoms with Gasteiger partial charge in [-0.25, -0.2) is 0 Å². The van der Waals surface area contributed by atoms with E-state index in [0.717, 1.165) is 11.1 Å². The second-order valence-electron chi connectivity index (χ2n) is 5.13. The third kappa shape index (κ3) is 4.66. The lowest BCUT2D eigenvalue weighted by Gasteiger charge is -2.24. The molecule has 1 unspecified atom stereocenters. The lowest BCUT2D eigenvalue weighted by molar-refractivity contribution is -0.126. The third-order valence-corrected chi connectivity index (χ3v) is 3.14. The Morgan fingerprint density at radius 3 is 2.40 bits per heavy atom. The molecule has 0 heterocycles. The van der Waals surface area contributed by atoms with Gasteiger partial charge in [-0.1, -0.05) is 38.1 Å². The first-order chi connectivity index (χ1) is 9.45. The first kappa shape index (κ1) is 16.2. The molecular weight excluding hydrogens is 254 g/mol. The number of benzene rings is 1. The Morgan fingerprint density at radius 1 is 1.20 bits per heavy atom. The highest BCUT2D eigenvalue weighted by atomic mass is 16.2. The summed E-state index contributed by atoms with van der Waals surface area (Å²) in [6.07, 6.45) is 0. The van der Waals surface area contributed by atoms with Gasteiger partial charge in [-0.2, -0.15) is 0 Å². The molecule has 4 N–H and O–H groups in total. The molecule has 2 amide bonds. The lowest BCUT2D eigenvalue weighted by atomic mass is 9.92. The minimum absolute atomic E-state index is 0.0505. The molecule has 0 saturated heterocycles. The van der Waals surface area contributed by atoms with Crippen LogP contribution >= 0.6 is 0 Å². The molecular formula is C15H23N3O2. The maximum Gasteiger partial charge on any atom is 0.239 e. The molecule has 0 fully saturated rings. The van der Waals surface area contributed by atoms with Gasteiger partial charge in [0.25, 0.3) is 0 Å². The van der Waals surface area contributed by atoms with Gasteiger partial charge in [0.15, 0.2) is 0 Å². The minimum Gasteiger partial charge on any atom is -0.347 e. The first-order valence-corrected chi connectivity index (χ1v) is 6.77. The Bertz CT molecular complexity index is 472. The summed E-state index contributed by atoms with van der Waals surface area (Å²) < 4.78 is 0. The van der Waals surface area contributed by atoms with E-state index in [4.69, 9.17) is 5.73 Å². The van der Waals surface area contributed by atoms with Gasteiger partial charge in [0.05, 0.1) is 19.1 Å². The summed E-state index contributed by atoms with van der Waals surface area (Å²) in [6.45, 7) is 5.96. The molecule has 0 spiro atoms. The monoisotopic (exact) mass is 277 g/mol. The van der Waals surface area contributed by atoms with Gasteiger partial charge in [-0.15, -0.1) is 0 Å². The number of hydrogen-bond acceptors (Lipinski definition) is 3. The first-order valence-electron chi connectivity index (χ1n) is 6.77. The Morgan fingerprint density at radius 2 is 1.85 bits per heavy atom. The lowest BCUT2D eigenvalue weighted by Crippen LogP contribution is -2.41. The van der Waals surface area contributed by atoms with Gasteiger partial charge >= 0.3 is 0 Å². The van der Waals surface area contributed by atoms with Gasteiger partial charge in [-0.3, -0.25) is 9.59 Å². The van der Waals surface area contributed by atoms with E-state index >= 15 is 0 Å². The standard InChI is InChI=1S/C15H23N3O2/c1-10(2)15(12-7-5-4-6-11(12)3)18-14(20)9-17-13(19)8-16/h4-7,10,15H,8-9,16H2,1-3H3,(H,17,19)(H,18,20). The van der Waals surface area contributed by atoms with Crippen LogP contribution in [0.3, 0.4) is 0 Å². The van der Waals surface area contributed by atoms with Crippen molar-refractivity contribution in [3.8, 4) is 0 Å². The summed E-state index contributed by atoms with van der Waals surface area (Å²) in [4.78, 5) is 22.9. The summed E-state index contributed by atoms with van der Waals surface area (Å²) in [7, 11) is 0. The van der Waals surface area contributed by atoms with Crippen LogP contribution in [0.2, 0.25) is 0 Å². The van der Waals surface area contributed by atoms with Crippen LogP contribution in [0.15, 0.2) is 24.3 Å². The molecule has 0 aliphatic rings. The molecule has 110 valence electrons. The van der Waals surface area contributed by atoms with Crippen molar-refractivity contribution in [1.29, 1.82) is 0 Å². The maximum atomic E-state index is 11.9. The zero-order valence-corrected chi connectivity index (χ0v) is 12.3. The normalized spacial score (nSPS) is 12.1. The van der Waals surface area contributed by atoms with Crippen LogP contribution in [-0.4, -0.2) is 24.9 Å². The van der Waals surface area contributed by atoms with Crippen LogP contribution in [0.25, 0.3) is 0 Å². The molecule has 1 rings (SSSR count). The Labute approximate surface area is 119 Å². The fourth-order valence-electron chi connectivity index (χ4n) is 2.01. The van der Waals surface area contributed by atoms with Gasteiger partial charge in [-0.05, 0) is 24.0 Å². The number of rotatable bonds is 6. The van der Waals surface area contributed by atoms with Crippen LogP contribution in [-0.2, 0) is 9.59 Å². The number of carbonyl (C=O) groups excluding carboxylic acids is 2. The molecule has 1 aromatic rings. The van der Waals surface area contributed by atoms with E-state index in [9.17, 15) is 9.59 Å². The average molecular weight is 277 g/mol. The van der Waals surface area contributed by atoms with Gasteiger partial charge in [0.1, 0.15) is 0 Å². The SMILES string of the molecule is Cc1ccccc1C(NC(=O)CNC(=O)CN)C(C)C. The van der Waals surface area contributed by atoms with Crippen LogP contribution in [0, 0.1) is 12.8 Å². The molecule has 1 atom stereocenters. The van der Waals surface area contributed by atoms with Crippen LogP contribution in [0.4, 0.5) is 0 Å². The topological polar surface area (TPSA) is 84.2 Å². The predicted octanol–water partition coefficient (Wildman–Crippen LogP) is 0.883. The fourth-order valence-corrected chi connectivity index (χ4v) is 2.01. The van der Waals surface area contributed by atoms with E-state index in [1.807, 2.05) is 31.2 Å². The Kier molecular flexibility index (Phi) is 6.18. The largest absolute Gasteiger partial charge is 0.347 e. The minimum atomic E-state index is -0.336. The van der Waals surface area contributed by atoms with E-state index in [-0.39, 0.29) is 36.9 Å². The number of aryl methyl sites for hydroxylation is 1. The molecule has 0 saturated carbocycles. The van der Waals surface area contributed by atoms with Gasteiger partial charge in [0, 0.05) is 0 Å². The van der Waals surface area contributed by atoms with Crippen molar-refractivity contribution in [3.05, 3.63) is 35.4 Å². The van der Waals surface area contributed by atoms with E-state index in [1.54, 1.807) is 0 Å². The smallest absolute Gasteiger partial charge is 0.239 e. The highest BCUT2D eigenvalue weighted by molar-refractivity contribution is 5.85. The molecule has 0 aromatic heterocycles. The molecule has 5 heteroatoms. The predicted molar refractivity (Wildman–Crippen MR) is 79.0 cm³/mol. The van der Waals surface area contributed by atoms with Crippen LogP contribution in [0.5, 0.6) is 0 Å². The molecule has 0 aliphatic carbocycles. The van der Waals surface area contributed by atoms with E-state index in [0.29, 0.717) is 0 Å². The van der Waals surface area contributed by atoms with Crippen molar-refractivity contribution in [3.63, 3.8) is 0 Å². The average Bonchev–Trinajstić information content (AvgIpc) is 2.42. The second-order valence-corrected chi connectivity index (χ2v) is 5.13. The van der Waals surface area contributed by atoms with E-state index < -0.39 is 0 Å². The van der Waals surface area contributed by atoms with Crippen LogP contribution in [0.1, 0.15) is 31.0 Å². The Hall–Kier alpha value is -1.88. The fraction of sp³-hybridized carbons (Fsp3) is 0.467. The molecule has 5 nitrogen and oxygen atoms in total. The van der Waals surface area contributed by atoms with Crippen molar-refractivity contribution < 1.29 is 9.59 Å².